The molecule has 1 atom stereocenters. The molecule has 0 bridgehead atoms. The number of thiocarbonyl (C=S) groups is 1. The molecule has 6 nitrogen and oxygen atoms in total. The molecule has 2 aromatic rings. The highest BCUT2D eigenvalue weighted by Crippen LogP contribution is 2.13. The van der Waals surface area contributed by atoms with E-state index in [4.69, 9.17) is 17.0 Å². The Morgan fingerprint density at radius 2 is 1.90 bits per heavy atom. The van der Waals surface area contributed by atoms with Crippen molar-refractivity contribution in [3.05, 3.63) is 65.7 Å². The van der Waals surface area contributed by atoms with E-state index in [-0.39, 0.29) is 23.0 Å². The van der Waals surface area contributed by atoms with Gasteiger partial charge in [-0.2, -0.15) is 0 Å². The number of rotatable bonds is 7. The summed E-state index contributed by atoms with van der Waals surface area (Å²) < 4.78 is 5.10. The molecule has 7 heteroatoms. The van der Waals surface area contributed by atoms with E-state index in [1.807, 2.05) is 38.1 Å². The Bertz CT molecular complexity index is 894. The second kappa shape index (κ2) is 11.0. The van der Waals surface area contributed by atoms with Gasteiger partial charge in [0.05, 0.1) is 7.11 Å². The minimum atomic E-state index is -0.357. The zero-order valence-corrected chi connectivity index (χ0v) is 17.5. The number of carbonyl (C=O) groups is 2. The number of benzene rings is 2. The predicted molar refractivity (Wildman–Crippen MR) is 120 cm³/mol. The lowest BCUT2D eigenvalue weighted by Gasteiger charge is -2.13. The van der Waals surface area contributed by atoms with E-state index >= 15 is 0 Å². The van der Waals surface area contributed by atoms with Crippen LogP contribution in [0.2, 0.25) is 0 Å². The Kier molecular flexibility index (Phi) is 8.36. The van der Waals surface area contributed by atoms with Gasteiger partial charge in [0.15, 0.2) is 5.11 Å². The summed E-state index contributed by atoms with van der Waals surface area (Å²) in [7, 11) is 1.60. The van der Waals surface area contributed by atoms with Crippen molar-refractivity contribution in [3.8, 4) is 5.75 Å². The molecule has 2 aromatic carbocycles. The number of anilines is 1. The molecule has 0 aliphatic heterocycles. The lowest BCUT2D eigenvalue weighted by Crippen LogP contribution is -2.33. The number of nitrogens with one attached hydrogen (secondary N) is 3. The number of carbonyl (C=O) groups excluding carboxylic acids is 2. The molecule has 0 aliphatic carbocycles. The van der Waals surface area contributed by atoms with E-state index in [2.05, 4.69) is 16.0 Å². The molecule has 0 saturated heterocycles. The van der Waals surface area contributed by atoms with Crippen LogP contribution in [0, 0.1) is 0 Å². The molecule has 0 radical (unpaired) electrons. The molecule has 0 spiro atoms. The first-order chi connectivity index (χ1) is 13.9. The van der Waals surface area contributed by atoms with Gasteiger partial charge < -0.3 is 15.4 Å². The molecule has 0 aromatic heterocycles. The summed E-state index contributed by atoms with van der Waals surface area (Å²) in [5, 5.41) is 8.56. The highest BCUT2D eigenvalue weighted by molar-refractivity contribution is 7.80. The fraction of sp³-hybridized carbons (Fsp3) is 0.227. The summed E-state index contributed by atoms with van der Waals surface area (Å²) in [6.45, 7) is 3.96. The van der Waals surface area contributed by atoms with Crippen LogP contribution in [-0.2, 0) is 4.79 Å². The topological polar surface area (TPSA) is 79.5 Å². The number of hydrogen-bond donors (Lipinski definition) is 3. The summed E-state index contributed by atoms with van der Waals surface area (Å²) in [4.78, 5) is 24.3. The van der Waals surface area contributed by atoms with Gasteiger partial charge in [0.25, 0.3) is 5.91 Å². The Labute approximate surface area is 176 Å². The first kappa shape index (κ1) is 22.1. The van der Waals surface area contributed by atoms with Crippen LogP contribution in [0.4, 0.5) is 5.69 Å². The number of ether oxygens (including phenoxy) is 1. The van der Waals surface area contributed by atoms with Crippen molar-refractivity contribution in [2.24, 2.45) is 0 Å². The first-order valence-electron chi connectivity index (χ1n) is 9.26. The van der Waals surface area contributed by atoms with E-state index in [0.29, 0.717) is 11.3 Å². The van der Waals surface area contributed by atoms with Gasteiger partial charge in [-0.1, -0.05) is 25.1 Å². The van der Waals surface area contributed by atoms with E-state index < -0.39 is 0 Å². The van der Waals surface area contributed by atoms with Gasteiger partial charge >= 0.3 is 0 Å². The van der Waals surface area contributed by atoms with Crippen LogP contribution in [0.3, 0.4) is 0 Å². The van der Waals surface area contributed by atoms with Gasteiger partial charge in [-0.25, -0.2) is 0 Å². The minimum Gasteiger partial charge on any atom is -0.497 e. The molecule has 0 heterocycles. The quantitative estimate of drug-likeness (QED) is 0.478. The monoisotopic (exact) mass is 411 g/mol. The van der Waals surface area contributed by atoms with E-state index in [1.54, 1.807) is 37.5 Å². The van der Waals surface area contributed by atoms with Crippen molar-refractivity contribution in [1.29, 1.82) is 0 Å². The van der Waals surface area contributed by atoms with Crippen LogP contribution in [-0.4, -0.2) is 30.1 Å². The average molecular weight is 412 g/mol. The molecular formula is C22H25N3O3S. The highest BCUT2D eigenvalue weighted by atomic mass is 32.1. The second-order valence-electron chi connectivity index (χ2n) is 6.41. The van der Waals surface area contributed by atoms with E-state index in [0.717, 1.165) is 17.7 Å². The van der Waals surface area contributed by atoms with Crippen molar-refractivity contribution in [2.45, 2.75) is 26.3 Å². The molecule has 0 fully saturated rings. The van der Waals surface area contributed by atoms with Crippen molar-refractivity contribution < 1.29 is 14.3 Å². The maximum absolute atomic E-state index is 12.2. The summed E-state index contributed by atoms with van der Waals surface area (Å²) in [5.74, 6) is 0.237. The third-order valence-electron chi connectivity index (χ3n) is 4.15. The predicted octanol–water partition coefficient (Wildman–Crippen LogP) is 3.75. The third kappa shape index (κ3) is 7.38. The Morgan fingerprint density at radius 1 is 1.17 bits per heavy atom. The van der Waals surface area contributed by atoms with Crippen molar-refractivity contribution in [2.75, 3.05) is 12.4 Å². The zero-order valence-electron chi connectivity index (χ0n) is 16.7. The molecule has 0 saturated carbocycles. The van der Waals surface area contributed by atoms with Gasteiger partial charge in [0, 0.05) is 23.4 Å². The maximum Gasteiger partial charge on any atom is 0.251 e. The number of methoxy groups -OCH3 is 1. The standard InChI is InChI=1S/C22H25N3O3S/c1-4-15(2)23-21(27)17-6-5-7-18(14-17)24-22(29)25-20(26)13-10-16-8-11-19(28-3)12-9-16/h5-15H,4H2,1-3H3,(H,23,27)(H2,24,25,26,29)/b13-10+. The molecule has 0 aliphatic rings. The summed E-state index contributed by atoms with van der Waals surface area (Å²) >= 11 is 5.18. The number of hydrogen-bond acceptors (Lipinski definition) is 4. The van der Waals surface area contributed by atoms with Crippen molar-refractivity contribution in [3.63, 3.8) is 0 Å². The molecule has 3 N–H and O–H groups in total. The molecular weight excluding hydrogens is 386 g/mol. The van der Waals surface area contributed by atoms with Crippen LogP contribution in [0.15, 0.2) is 54.6 Å². The molecule has 1 unspecified atom stereocenters. The lowest BCUT2D eigenvalue weighted by atomic mass is 10.1. The normalized spacial score (nSPS) is 11.6. The fourth-order valence-electron chi connectivity index (χ4n) is 2.35. The average Bonchev–Trinajstić information content (AvgIpc) is 2.72. The van der Waals surface area contributed by atoms with Crippen LogP contribution in [0.25, 0.3) is 6.08 Å². The second-order valence-corrected chi connectivity index (χ2v) is 6.82. The SMILES string of the molecule is CCC(C)NC(=O)c1cccc(NC(=S)NC(=O)/C=C/c2ccc(OC)cc2)c1. The van der Waals surface area contributed by atoms with E-state index in [1.165, 1.54) is 6.08 Å². The Balaban J connectivity index is 1.91. The van der Waals surface area contributed by atoms with Crippen molar-refractivity contribution >= 4 is 40.9 Å². The van der Waals surface area contributed by atoms with Gasteiger partial charge in [0.2, 0.25) is 5.91 Å². The summed E-state index contributed by atoms with van der Waals surface area (Å²) in [6, 6.07) is 14.3. The molecule has 29 heavy (non-hydrogen) atoms. The highest BCUT2D eigenvalue weighted by Gasteiger charge is 2.09. The molecule has 2 amide bonds. The molecule has 2 rings (SSSR count). The van der Waals surface area contributed by atoms with Gasteiger partial charge in [-0.15, -0.1) is 0 Å². The summed E-state index contributed by atoms with van der Waals surface area (Å²) in [5.41, 5.74) is 2.00. The molecule has 152 valence electrons. The Morgan fingerprint density at radius 3 is 2.55 bits per heavy atom. The Hall–Kier alpha value is -3.19. The zero-order chi connectivity index (χ0) is 21.2. The van der Waals surface area contributed by atoms with Crippen LogP contribution < -0.4 is 20.7 Å². The van der Waals surface area contributed by atoms with Gasteiger partial charge in [-0.3, -0.25) is 14.9 Å². The van der Waals surface area contributed by atoms with Crippen LogP contribution >= 0.6 is 12.2 Å². The van der Waals surface area contributed by atoms with Crippen LogP contribution in [0.1, 0.15) is 36.2 Å². The van der Waals surface area contributed by atoms with Gasteiger partial charge in [-0.05, 0) is 67.5 Å². The summed E-state index contributed by atoms with van der Waals surface area (Å²) in [6.07, 6.45) is 3.92. The third-order valence-corrected chi connectivity index (χ3v) is 4.36. The maximum atomic E-state index is 12.2. The smallest absolute Gasteiger partial charge is 0.251 e. The van der Waals surface area contributed by atoms with Crippen molar-refractivity contribution in [1.82, 2.24) is 10.6 Å². The van der Waals surface area contributed by atoms with Crippen LogP contribution in [0.5, 0.6) is 5.75 Å². The first-order valence-corrected chi connectivity index (χ1v) is 9.67. The fourth-order valence-corrected chi connectivity index (χ4v) is 2.57. The number of amides is 2. The van der Waals surface area contributed by atoms with Gasteiger partial charge in [0.1, 0.15) is 5.75 Å². The minimum absolute atomic E-state index is 0.0944. The lowest BCUT2D eigenvalue weighted by molar-refractivity contribution is -0.115. The van der Waals surface area contributed by atoms with E-state index in [9.17, 15) is 9.59 Å². The largest absolute Gasteiger partial charge is 0.497 e.